The molecule has 0 unspecified atom stereocenters. The Balaban J connectivity index is 1.36. The van der Waals surface area contributed by atoms with Crippen molar-refractivity contribution in [1.29, 1.82) is 0 Å². The fraction of sp³-hybridized carbons (Fsp3) is 0.917. The van der Waals surface area contributed by atoms with Crippen molar-refractivity contribution in [1.82, 2.24) is 16.0 Å². The molecule has 360 valence electrons. The maximum atomic E-state index is 13.0. The molecule has 12 saturated heterocycles. The number of ether oxygens (including phenoxy) is 11. The average molecular weight is 916 g/mol. The van der Waals surface area contributed by atoms with Gasteiger partial charge >= 0.3 is 0 Å². The molecule has 0 aliphatic carbocycles. The molecule has 63 heavy (non-hydrogen) atoms. The molecule has 12 aliphatic heterocycles. The highest BCUT2D eigenvalue weighted by molar-refractivity contribution is 5.74. The minimum absolute atomic E-state index is 0.00810. The van der Waals surface area contributed by atoms with Gasteiger partial charge in [0.2, 0.25) is 17.7 Å². The Labute approximate surface area is 358 Å². The average Bonchev–Trinajstić information content (AvgIpc) is 3.22. The molecule has 3 amide bonds. The monoisotopic (exact) mass is 915 g/mol. The molecular weight excluding hydrogens is 858 g/mol. The lowest BCUT2D eigenvalue weighted by atomic mass is 9.91. The zero-order chi connectivity index (χ0) is 45.6. The van der Waals surface area contributed by atoms with Crippen LogP contribution in [0.3, 0.4) is 0 Å². The molecule has 0 saturated carbocycles. The van der Waals surface area contributed by atoms with E-state index < -0.39 is 197 Å². The van der Waals surface area contributed by atoms with Gasteiger partial charge in [-0.05, 0) is 0 Å². The third-order valence-electron chi connectivity index (χ3n) is 12.0. The summed E-state index contributed by atoms with van der Waals surface area (Å²) in [4.78, 5) is 38.3. The van der Waals surface area contributed by atoms with Gasteiger partial charge in [-0.2, -0.15) is 0 Å². The van der Waals surface area contributed by atoms with E-state index in [0.29, 0.717) is 0 Å². The Bertz CT molecular complexity index is 1580. The van der Waals surface area contributed by atoms with E-state index in [0.717, 1.165) is 20.8 Å². The summed E-state index contributed by atoms with van der Waals surface area (Å²) in [6.45, 7) is -0.339. The van der Waals surface area contributed by atoms with Crippen molar-refractivity contribution in [3.05, 3.63) is 0 Å². The molecule has 0 spiro atoms. The van der Waals surface area contributed by atoms with Gasteiger partial charge in [0, 0.05) is 20.8 Å². The number of carbonyl (C=O) groups excluding carboxylic acids is 3. The standard InChI is InChI=1S/C36H57N3O24/c1-9(44)37-17-21(48)26-16(8-53-26)58-32(17)63-31-19(39-11(3)46)34-55-15(7-43)29(31)61-33-18(38-10(2)45)30(20(47)12(4-40)54-33)62-36-25(52)23(50)28(14(6-42)57-36)60-35-24(51)22(49)27(59-34)13(5-41)56-35/h12-36,40-43,47-52H,4-8H2,1-3H3,(H,37,44)(H,38,45)(H,39,46)/t12-,13-,14-,15-,16-,17-,18-,19-,20+,21-,22-,23-,24-,25-,26-,27-,28+,29+,30-,31-,32+,33+,34-,35-,36+/m1/s1. The third kappa shape index (κ3) is 9.71. The lowest BCUT2D eigenvalue weighted by Gasteiger charge is -2.53. The number of aliphatic hydroxyl groups is 10. The van der Waals surface area contributed by atoms with Crippen LogP contribution < -0.4 is 16.0 Å². The number of nitrogens with one attached hydrogen (secondary N) is 3. The smallest absolute Gasteiger partial charge is 0.217 e. The zero-order valence-electron chi connectivity index (χ0n) is 34.2. The summed E-state index contributed by atoms with van der Waals surface area (Å²) >= 11 is 0. The first-order valence-corrected chi connectivity index (χ1v) is 20.5. The van der Waals surface area contributed by atoms with Crippen molar-refractivity contribution in [2.45, 2.75) is 174 Å². The molecule has 27 nitrogen and oxygen atoms in total. The fourth-order valence-corrected chi connectivity index (χ4v) is 8.90. The van der Waals surface area contributed by atoms with Crippen LogP contribution in [0.5, 0.6) is 0 Å². The number of aliphatic hydroxyl groups excluding tert-OH is 10. The molecule has 0 radical (unpaired) electrons. The largest absolute Gasteiger partial charge is 0.394 e. The van der Waals surface area contributed by atoms with Gasteiger partial charge in [0.05, 0.1) is 33.0 Å². The lowest BCUT2D eigenvalue weighted by molar-refractivity contribution is -0.385. The molecule has 12 fully saturated rings. The van der Waals surface area contributed by atoms with Crippen LogP contribution >= 0.6 is 0 Å². The molecule has 12 heterocycles. The van der Waals surface area contributed by atoms with E-state index in [1.54, 1.807) is 0 Å². The maximum Gasteiger partial charge on any atom is 0.217 e. The van der Waals surface area contributed by atoms with Gasteiger partial charge in [0.25, 0.3) is 0 Å². The van der Waals surface area contributed by atoms with E-state index in [4.69, 9.17) is 52.1 Å². The summed E-state index contributed by atoms with van der Waals surface area (Å²) in [5.41, 5.74) is 0. The predicted molar refractivity (Wildman–Crippen MR) is 195 cm³/mol. The Morgan fingerprint density at radius 3 is 1.40 bits per heavy atom. The van der Waals surface area contributed by atoms with Gasteiger partial charge in [-0.15, -0.1) is 0 Å². The molecule has 12 aliphatic rings. The van der Waals surface area contributed by atoms with Gasteiger partial charge in [0.1, 0.15) is 122 Å². The summed E-state index contributed by atoms with van der Waals surface area (Å²) in [6, 6.07) is -4.59. The molecule has 25 atom stereocenters. The van der Waals surface area contributed by atoms with Crippen LogP contribution in [0.25, 0.3) is 0 Å². The van der Waals surface area contributed by atoms with Gasteiger partial charge in [0.15, 0.2) is 31.5 Å². The van der Waals surface area contributed by atoms with Crippen molar-refractivity contribution in [2.24, 2.45) is 0 Å². The van der Waals surface area contributed by atoms with E-state index in [1.165, 1.54) is 0 Å². The second-order valence-electron chi connectivity index (χ2n) is 16.4. The van der Waals surface area contributed by atoms with Gasteiger partial charge in [-0.3, -0.25) is 14.4 Å². The van der Waals surface area contributed by atoms with Crippen molar-refractivity contribution >= 4 is 17.7 Å². The van der Waals surface area contributed by atoms with Crippen molar-refractivity contribution in [3.63, 3.8) is 0 Å². The fourth-order valence-electron chi connectivity index (χ4n) is 8.90. The first kappa shape index (κ1) is 48.5. The molecule has 12 rings (SSSR count). The van der Waals surface area contributed by atoms with E-state index in [-0.39, 0.29) is 6.61 Å². The van der Waals surface area contributed by atoms with E-state index in [9.17, 15) is 65.4 Å². The molecular formula is C36H57N3O24. The first-order chi connectivity index (χ1) is 30.0. The van der Waals surface area contributed by atoms with Crippen LogP contribution in [0.4, 0.5) is 0 Å². The van der Waals surface area contributed by atoms with Crippen molar-refractivity contribution in [2.75, 3.05) is 33.0 Å². The maximum absolute atomic E-state index is 13.0. The van der Waals surface area contributed by atoms with Crippen LogP contribution in [-0.4, -0.2) is 255 Å². The molecule has 0 aromatic heterocycles. The lowest BCUT2D eigenvalue weighted by Crippen LogP contribution is -2.73. The van der Waals surface area contributed by atoms with Gasteiger partial charge < -0.3 is 119 Å². The highest BCUT2D eigenvalue weighted by Crippen LogP contribution is 2.39. The minimum Gasteiger partial charge on any atom is -0.394 e. The van der Waals surface area contributed by atoms with E-state index in [1.807, 2.05) is 0 Å². The van der Waals surface area contributed by atoms with Crippen LogP contribution in [0.2, 0.25) is 0 Å². The SMILES string of the molecule is CC(=O)N[C@H]1[C@H](O[C@@H]2[C@@H](NC(C)=O)[C@H]3O[C@H]4[C@H](O)[C@@H](O)[C@@H](O[C@@H]5[C@H](O)[C@@H](O)[C@H](O[C@H]6[C@@H](O)[C@@H](CO)O[C@@H](O[C@H]2[C@@H](CO)O3)[C@@H]6NC(C)=O)O[C@@H]5CO)O[C@@H]4CO)O[C@@H]2CO[C@H]2[C@@H]1O. The summed E-state index contributed by atoms with van der Waals surface area (Å²) < 4.78 is 66.5. The Morgan fingerprint density at radius 1 is 0.460 bits per heavy atom. The zero-order valence-corrected chi connectivity index (χ0v) is 34.2. The second kappa shape index (κ2) is 20.2. The summed E-state index contributed by atoms with van der Waals surface area (Å²) in [5, 5.41) is 118. The Hall–Kier alpha value is -2.43. The summed E-state index contributed by atoms with van der Waals surface area (Å²) in [6.07, 6.45) is -37.2. The minimum atomic E-state index is -2.07. The van der Waals surface area contributed by atoms with Crippen LogP contribution in [0.1, 0.15) is 20.8 Å². The third-order valence-corrected chi connectivity index (χ3v) is 12.0. The van der Waals surface area contributed by atoms with Crippen LogP contribution in [0.15, 0.2) is 0 Å². The first-order valence-electron chi connectivity index (χ1n) is 20.5. The second-order valence-corrected chi connectivity index (χ2v) is 16.4. The Kier molecular flexibility index (Phi) is 15.6. The number of carbonyl (C=O) groups is 3. The number of amides is 3. The van der Waals surface area contributed by atoms with E-state index in [2.05, 4.69) is 16.0 Å². The number of rotatable bonds is 9. The number of hydrogen-bond donors (Lipinski definition) is 13. The highest BCUT2D eigenvalue weighted by atomic mass is 16.8. The summed E-state index contributed by atoms with van der Waals surface area (Å²) in [7, 11) is 0. The molecule has 0 aromatic rings. The quantitative estimate of drug-likeness (QED) is 0.102. The number of hydrogen-bond acceptors (Lipinski definition) is 24. The van der Waals surface area contributed by atoms with Crippen molar-refractivity contribution < 1.29 is 118 Å². The van der Waals surface area contributed by atoms with E-state index >= 15 is 0 Å². The highest BCUT2D eigenvalue weighted by Gasteiger charge is 2.60. The van der Waals surface area contributed by atoms with Gasteiger partial charge in [-0.1, -0.05) is 0 Å². The van der Waals surface area contributed by atoms with Gasteiger partial charge in [-0.25, -0.2) is 0 Å². The molecule has 27 heteroatoms. The van der Waals surface area contributed by atoms with Crippen LogP contribution in [0, 0.1) is 0 Å². The normalized spacial score (nSPS) is 50.0. The summed E-state index contributed by atoms with van der Waals surface area (Å²) in [5.74, 6) is -2.13. The molecule has 8 bridgehead atoms. The molecule has 13 N–H and O–H groups in total. The van der Waals surface area contributed by atoms with Crippen molar-refractivity contribution in [3.8, 4) is 0 Å². The molecule has 0 aromatic carbocycles. The predicted octanol–water partition coefficient (Wildman–Crippen LogP) is -9.40. The van der Waals surface area contributed by atoms with Crippen LogP contribution in [-0.2, 0) is 66.5 Å². The topological polar surface area (TPSA) is 391 Å². The Morgan fingerprint density at radius 2 is 0.889 bits per heavy atom. The number of fused-ring (bicyclic) bond motifs is 1.